The molecule has 0 fully saturated rings. The van der Waals surface area contributed by atoms with Crippen LogP contribution in [0.5, 0.6) is 0 Å². The van der Waals surface area contributed by atoms with Crippen LogP contribution in [0.3, 0.4) is 0 Å². The maximum absolute atomic E-state index is 5.49. The van der Waals surface area contributed by atoms with Gasteiger partial charge in [0.1, 0.15) is 0 Å². The Labute approximate surface area is 102 Å². The summed E-state index contributed by atoms with van der Waals surface area (Å²) in [5, 5.41) is 0. The molecular formula is C14H31NO. The molecule has 0 aliphatic rings. The summed E-state index contributed by atoms with van der Waals surface area (Å²) >= 11 is 0. The Morgan fingerprint density at radius 3 is 2.06 bits per heavy atom. The second-order valence-corrected chi connectivity index (χ2v) is 5.46. The molecule has 98 valence electrons. The first-order valence-corrected chi connectivity index (χ1v) is 6.90. The summed E-state index contributed by atoms with van der Waals surface area (Å²) in [5.41, 5.74) is 5.81. The van der Waals surface area contributed by atoms with Crippen LogP contribution in [0.25, 0.3) is 0 Å². The molecule has 0 heterocycles. The SMILES string of the molecule is CCOCC(C)(C)CCCCCCCCN. The van der Waals surface area contributed by atoms with Gasteiger partial charge in [0.15, 0.2) is 0 Å². The van der Waals surface area contributed by atoms with Gasteiger partial charge in [0.25, 0.3) is 0 Å². The Morgan fingerprint density at radius 2 is 1.50 bits per heavy atom. The highest BCUT2D eigenvalue weighted by molar-refractivity contribution is 4.67. The molecule has 0 rings (SSSR count). The molecular weight excluding hydrogens is 198 g/mol. The average Bonchev–Trinajstić information content (AvgIpc) is 2.25. The molecule has 0 radical (unpaired) electrons. The molecule has 0 atom stereocenters. The van der Waals surface area contributed by atoms with Gasteiger partial charge in [-0.2, -0.15) is 0 Å². The number of ether oxygens (including phenoxy) is 1. The molecule has 0 bridgehead atoms. The van der Waals surface area contributed by atoms with Crippen molar-refractivity contribution in [1.29, 1.82) is 0 Å². The van der Waals surface area contributed by atoms with E-state index in [0.29, 0.717) is 5.41 Å². The van der Waals surface area contributed by atoms with E-state index in [0.717, 1.165) is 19.8 Å². The van der Waals surface area contributed by atoms with Crippen molar-refractivity contribution < 1.29 is 4.74 Å². The van der Waals surface area contributed by atoms with Crippen molar-refractivity contribution in [3.05, 3.63) is 0 Å². The summed E-state index contributed by atoms with van der Waals surface area (Å²) in [6, 6.07) is 0. The molecule has 0 amide bonds. The Kier molecular flexibility index (Phi) is 10.0. The first-order chi connectivity index (χ1) is 7.62. The molecule has 0 unspecified atom stereocenters. The zero-order valence-electron chi connectivity index (χ0n) is 11.6. The Bertz CT molecular complexity index is 146. The second kappa shape index (κ2) is 10.1. The highest BCUT2D eigenvalue weighted by Crippen LogP contribution is 2.24. The fraction of sp³-hybridized carbons (Fsp3) is 1.00. The van der Waals surface area contributed by atoms with Crippen LogP contribution < -0.4 is 5.73 Å². The molecule has 2 N–H and O–H groups in total. The zero-order valence-corrected chi connectivity index (χ0v) is 11.6. The van der Waals surface area contributed by atoms with Crippen LogP contribution in [-0.4, -0.2) is 19.8 Å². The van der Waals surface area contributed by atoms with Gasteiger partial charge in [-0.15, -0.1) is 0 Å². The lowest BCUT2D eigenvalue weighted by atomic mass is 9.87. The predicted octanol–water partition coefficient (Wildman–Crippen LogP) is 3.74. The van der Waals surface area contributed by atoms with Crippen LogP contribution >= 0.6 is 0 Å². The lowest BCUT2D eigenvalue weighted by Gasteiger charge is -2.24. The lowest BCUT2D eigenvalue weighted by molar-refractivity contribution is 0.0645. The van der Waals surface area contributed by atoms with E-state index in [4.69, 9.17) is 10.5 Å². The van der Waals surface area contributed by atoms with E-state index >= 15 is 0 Å². The number of hydrogen-bond acceptors (Lipinski definition) is 2. The van der Waals surface area contributed by atoms with E-state index in [1.807, 2.05) is 0 Å². The summed E-state index contributed by atoms with van der Waals surface area (Å²) in [4.78, 5) is 0. The van der Waals surface area contributed by atoms with Gasteiger partial charge in [0.2, 0.25) is 0 Å². The first kappa shape index (κ1) is 15.9. The predicted molar refractivity (Wildman–Crippen MR) is 71.6 cm³/mol. The molecule has 0 saturated heterocycles. The van der Waals surface area contributed by atoms with Gasteiger partial charge in [-0.25, -0.2) is 0 Å². The van der Waals surface area contributed by atoms with E-state index in [-0.39, 0.29) is 0 Å². The molecule has 0 aromatic carbocycles. The van der Waals surface area contributed by atoms with Crippen molar-refractivity contribution in [2.24, 2.45) is 11.1 Å². The molecule has 2 heteroatoms. The standard InChI is InChI=1S/C14H31NO/c1-4-16-13-14(2,3)11-9-7-5-6-8-10-12-15/h4-13,15H2,1-3H3. The van der Waals surface area contributed by atoms with Gasteiger partial charge in [-0.3, -0.25) is 0 Å². The summed E-state index contributed by atoms with van der Waals surface area (Å²) in [7, 11) is 0. The molecule has 0 aliphatic heterocycles. The fourth-order valence-corrected chi connectivity index (χ4v) is 1.91. The second-order valence-electron chi connectivity index (χ2n) is 5.46. The molecule has 16 heavy (non-hydrogen) atoms. The first-order valence-electron chi connectivity index (χ1n) is 6.90. The van der Waals surface area contributed by atoms with Gasteiger partial charge >= 0.3 is 0 Å². The van der Waals surface area contributed by atoms with Gasteiger partial charge in [0, 0.05) is 6.61 Å². The molecule has 0 aromatic rings. The molecule has 0 aromatic heterocycles. The average molecular weight is 229 g/mol. The van der Waals surface area contributed by atoms with Crippen LogP contribution in [0.2, 0.25) is 0 Å². The molecule has 0 spiro atoms. The molecule has 0 aliphatic carbocycles. The van der Waals surface area contributed by atoms with E-state index in [1.54, 1.807) is 0 Å². The Balaban J connectivity index is 3.29. The van der Waals surface area contributed by atoms with Gasteiger partial charge in [-0.05, 0) is 31.7 Å². The number of hydrogen-bond donors (Lipinski definition) is 1. The van der Waals surface area contributed by atoms with Crippen molar-refractivity contribution in [3.63, 3.8) is 0 Å². The minimum atomic E-state index is 0.354. The van der Waals surface area contributed by atoms with Crippen molar-refractivity contribution in [3.8, 4) is 0 Å². The quantitative estimate of drug-likeness (QED) is 0.548. The summed E-state index contributed by atoms with van der Waals surface area (Å²) in [6.45, 7) is 9.25. The fourth-order valence-electron chi connectivity index (χ4n) is 1.91. The third-order valence-corrected chi connectivity index (χ3v) is 3.00. The molecule has 0 saturated carbocycles. The number of unbranched alkanes of at least 4 members (excludes halogenated alkanes) is 5. The summed E-state index contributed by atoms with van der Waals surface area (Å²) < 4.78 is 5.49. The van der Waals surface area contributed by atoms with Crippen LogP contribution in [0.1, 0.15) is 65.7 Å². The maximum Gasteiger partial charge on any atom is 0.0516 e. The largest absolute Gasteiger partial charge is 0.381 e. The number of nitrogens with two attached hydrogens (primary N) is 1. The summed E-state index contributed by atoms with van der Waals surface area (Å²) in [6.07, 6.45) is 9.19. The normalized spacial score (nSPS) is 12.0. The van der Waals surface area contributed by atoms with Crippen LogP contribution in [0.4, 0.5) is 0 Å². The van der Waals surface area contributed by atoms with E-state index in [1.165, 1.54) is 44.9 Å². The van der Waals surface area contributed by atoms with Crippen molar-refractivity contribution in [2.45, 2.75) is 65.7 Å². The highest BCUT2D eigenvalue weighted by Gasteiger charge is 2.16. The third kappa shape index (κ3) is 10.4. The van der Waals surface area contributed by atoms with Crippen molar-refractivity contribution in [2.75, 3.05) is 19.8 Å². The van der Waals surface area contributed by atoms with Crippen LogP contribution in [0.15, 0.2) is 0 Å². The van der Waals surface area contributed by atoms with Crippen LogP contribution in [0, 0.1) is 5.41 Å². The lowest BCUT2D eigenvalue weighted by Crippen LogP contribution is -2.19. The summed E-state index contributed by atoms with van der Waals surface area (Å²) in [5.74, 6) is 0. The van der Waals surface area contributed by atoms with Gasteiger partial charge in [-0.1, -0.05) is 46.0 Å². The van der Waals surface area contributed by atoms with Gasteiger partial charge in [0.05, 0.1) is 6.61 Å². The molecule has 2 nitrogen and oxygen atoms in total. The smallest absolute Gasteiger partial charge is 0.0516 e. The van der Waals surface area contributed by atoms with Gasteiger partial charge < -0.3 is 10.5 Å². The van der Waals surface area contributed by atoms with Crippen molar-refractivity contribution in [1.82, 2.24) is 0 Å². The topological polar surface area (TPSA) is 35.2 Å². The zero-order chi connectivity index (χ0) is 12.3. The monoisotopic (exact) mass is 229 g/mol. The Hall–Kier alpha value is -0.0800. The minimum Gasteiger partial charge on any atom is -0.381 e. The van der Waals surface area contributed by atoms with Crippen LogP contribution in [-0.2, 0) is 4.74 Å². The third-order valence-electron chi connectivity index (χ3n) is 3.00. The van der Waals surface area contributed by atoms with E-state index in [2.05, 4.69) is 20.8 Å². The number of rotatable bonds is 11. The van der Waals surface area contributed by atoms with E-state index < -0.39 is 0 Å². The van der Waals surface area contributed by atoms with E-state index in [9.17, 15) is 0 Å². The Morgan fingerprint density at radius 1 is 0.938 bits per heavy atom. The highest BCUT2D eigenvalue weighted by atomic mass is 16.5. The van der Waals surface area contributed by atoms with Crippen molar-refractivity contribution >= 4 is 0 Å². The minimum absolute atomic E-state index is 0.354. The maximum atomic E-state index is 5.49.